The van der Waals surface area contributed by atoms with Gasteiger partial charge in [-0.1, -0.05) is 38.7 Å². The first-order chi connectivity index (χ1) is 9.11. The van der Waals surface area contributed by atoms with E-state index in [0.717, 1.165) is 25.2 Å². The van der Waals surface area contributed by atoms with Gasteiger partial charge < -0.3 is 4.74 Å². The Morgan fingerprint density at radius 1 is 1.00 bits per heavy atom. The summed E-state index contributed by atoms with van der Waals surface area (Å²) in [6.07, 6.45) is 13.6. The van der Waals surface area contributed by atoms with E-state index in [1.54, 1.807) is 6.92 Å². The monoisotopic (exact) mass is 264 g/mol. The largest absolute Gasteiger partial charge is 0.456 e. The fourth-order valence-electron chi connectivity index (χ4n) is 3.66. The highest BCUT2D eigenvalue weighted by molar-refractivity contribution is 5.87. The molecule has 0 saturated heterocycles. The second kappa shape index (κ2) is 6.58. The summed E-state index contributed by atoms with van der Waals surface area (Å²) in [4.78, 5) is 11.9. The van der Waals surface area contributed by atoms with Gasteiger partial charge in [0.15, 0.2) is 0 Å². The third-order valence-corrected chi connectivity index (χ3v) is 4.91. The van der Waals surface area contributed by atoms with Crippen LogP contribution in [-0.2, 0) is 9.53 Å². The molecule has 2 bridgehead atoms. The lowest BCUT2D eigenvalue weighted by Gasteiger charge is -2.33. The molecule has 2 nitrogen and oxygen atoms in total. The van der Waals surface area contributed by atoms with Crippen LogP contribution < -0.4 is 0 Å². The Morgan fingerprint density at radius 3 is 2.47 bits per heavy atom. The molecule has 0 aliphatic heterocycles. The third-order valence-electron chi connectivity index (χ3n) is 4.91. The summed E-state index contributed by atoms with van der Waals surface area (Å²) in [6, 6.07) is 0. The minimum absolute atomic E-state index is 0.178. The van der Waals surface area contributed by atoms with E-state index in [1.165, 1.54) is 51.4 Å². The second-order valence-electron chi connectivity index (χ2n) is 6.60. The van der Waals surface area contributed by atoms with E-state index in [0.29, 0.717) is 5.57 Å². The molecule has 19 heavy (non-hydrogen) atoms. The van der Waals surface area contributed by atoms with E-state index in [4.69, 9.17) is 4.74 Å². The molecule has 0 heterocycles. The topological polar surface area (TPSA) is 26.3 Å². The maximum atomic E-state index is 11.9. The van der Waals surface area contributed by atoms with Gasteiger partial charge in [0.1, 0.15) is 5.60 Å². The first-order valence-corrected chi connectivity index (χ1v) is 8.00. The summed E-state index contributed by atoms with van der Waals surface area (Å²) in [5, 5.41) is 0. The SMILES string of the molecule is C=C(C)C(=O)OC12CCCCCCC(CCC1)CC2. The Balaban J connectivity index is 2.08. The van der Waals surface area contributed by atoms with Gasteiger partial charge in [0.25, 0.3) is 0 Å². The zero-order valence-corrected chi connectivity index (χ0v) is 12.4. The number of hydrogen-bond donors (Lipinski definition) is 0. The van der Waals surface area contributed by atoms with Gasteiger partial charge in [-0.05, 0) is 51.4 Å². The normalized spacial score (nSPS) is 32.4. The highest BCUT2D eigenvalue weighted by Crippen LogP contribution is 2.40. The average Bonchev–Trinajstić information content (AvgIpc) is 2.59. The summed E-state index contributed by atoms with van der Waals surface area (Å²) in [6.45, 7) is 5.47. The Hall–Kier alpha value is -0.790. The summed E-state index contributed by atoms with van der Waals surface area (Å²) in [5.41, 5.74) is 0.356. The van der Waals surface area contributed by atoms with Crippen LogP contribution in [0.2, 0.25) is 0 Å². The molecule has 108 valence electrons. The number of hydrogen-bond acceptors (Lipinski definition) is 2. The molecule has 2 saturated carbocycles. The van der Waals surface area contributed by atoms with E-state index in [2.05, 4.69) is 6.58 Å². The fraction of sp³-hybridized carbons (Fsp3) is 0.824. The number of carbonyl (C=O) groups is 1. The van der Waals surface area contributed by atoms with Crippen LogP contribution in [-0.4, -0.2) is 11.6 Å². The van der Waals surface area contributed by atoms with Crippen LogP contribution >= 0.6 is 0 Å². The molecule has 0 radical (unpaired) electrons. The van der Waals surface area contributed by atoms with E-state index in [-0.39, 0.29) is 11.6 Å². The van der Waals surface area contributed by atoms with Crippen LogP contribution in [0, 0.1) is 5.92 Å². The van der Waals surface area contributed by atoms with Crippen molar-refractivity contribution in [2.75, 3.05) is 0 Å². The van der Waals surface area contributed by atoms with Gasteiger partial charge >= 0.3 is 5.97 Å². The number of rotatable bonds is 2. The number of fused-ring (bicyclic) bond motifs is 3. The van der Waals surface area contributed by atoms with Crippen molar-refractivity contribution < 1.29 is 9.53 Å². The van der Waals surface area contributed by atoms with Gasteiger partial charge in [0, 0.05) is 5.57 Å². The Morgan fingerprint density at radius 2 is 1.68 bits per heavy atom. The highest BCUT2D eigenvalue weighted by atomic mass is 16.6. The Labute approximate surface area is 117 Å². The van der Waals surface area contributed by atoms with Crippen molar-refractivity contribution in [3.8, 4) is 0 Å². The minimum Gasteiger partial charge on any atom is -0.456 e. The van der Waals surface area contributed by atoms with Crippen LogP contribution in [0.1, 0.15) is 77.6 Å². The van der Waals surface area contributed by atoms with Crippen molar-refractivity contribution in [3.05, 3.63) is 12.2 Å². The van der Waals surface area contributed by atoms with Crippen molar-refractivity contribution in [3.63, 3.8) is 0 Å². The van der Waals surface area contributed by atoms with Crippen LogP contribution in [0.3, 0.4) is 0 Å². The van der Waals surface area contributed by atoms with Crippen molar-refractivity contribution in [1.82, 2.24) is 0 Å². The zero-order chi connectivity index (χ0) is 13.7. The maximum absolute atomic E-state index is 11.9. The van der Waals surface area contributed by atoms with E-state index >= 15 is 0 Å². The summed E-state index contributed by atoms with van der Waals surface area (Å²) in [7, 11) is 0. The van der Waals surface area contributed by atoms with Gasteiger partial charge in [-0.25, -0.2) is 4.79 Å². The number of ether oxygens (including phenoxy) is 1. The summed E-state index contributed by atoms with van der Waals surface area (Å²) < 4.78 is 5.90. The smallest absolute Gasteiger partial charge is 0.333 e. The molecule has 2 aliphatic carbocycles. The van der Waals surface area contributed by atoms with Crippen LogP contribution in [0.15, 0.2) is 12.2 Å². The van der Waals surface area contributed by atoms with Crippen molar-refractivity contribution in [2.45, 2.75) is 83.2 Å². The summed E-state index contributed by atoms with van der Waals surface area (Å²) >= 11 is 0. The lowest BCUT2D eigenvalue weighted by Crippen LogP contribution is -2.35. The third kappa shape index (κ3) is 4.09. The first kappa shape index (κ1) is 14.6. The highest BCUT2D eigenvalue weighted by Gasteiger charge is 2.36. The molecular formula is C17H28O2. The Kier molecular flexibility index (Phi) is 5.06. The van der Waals surface area contributed by atoms with Crippen molar-refractivity contribution >= 4 is 5.97 Å². The molecule has 2 fully saturated rings. The van der Waals surface area contributed by atoms with E-state index in [9.17, 15) is 4.79 Å². The molecule has 0 aromatic heterocycles. The van der Waals surface area contributed by atoms with Crippen LogP contribution in [0.4, 0.5) is 0 Å². The van der Waals surface area contributed by atoms with E-state index < -0.39 is 0 Å². The molecule has 2 rings (SSSR count). The molecule has 0 amide bonds. The minimum atomic E-state index is -0.185. The second-order valence-corrected chi connectivity index (χ2v) is 6.60. The predicted octanol–water partition coefficient (Wildman–Crippen LogP) is 4.78. The van der Waals surface area contributed by atoms with Crippen LogP contribution in [0.5, 0.6) is 0 Å². The molecule has 0 spiro atoms. The standard InChI is InChI=1S/C17H28O2/c1-14(2)16(18)19-17-11-6-4-3-5-8-15(10-13-17)9-7-12-17/h15H,1,3-13H2,2H3. The Bertz CT molecular complexity index is 334. The molecule has 2 aliphatic rings. The van der Waals surface area contributed by atoms with Gasteiger partial charge in [-0.2, -0.15) is 0 Å². The molecule has 2 heteroatoms. The lowest BCUT2D eigenvalue weighted by atomic mass is 9.85. The molecule has 0 aromatic rings. The quantitative estimate of drug-likeness (QED) is 0.530. The maximum Gasteiger partial charge on any atom is 0.333 e. The number of esters is 1. The average molecular weight is 264 g/mol. The molecule has 2 atom stereocenters. The number of carbonyl (C=O) groups excluding carboxylic acids is 1. The van der Waals surface area contributed by atoms with Gasteiger partial charge in [-0.15, -0.1) is 0 Å². The molecular weight excluding hydrogens is 236 g/mol. The lowest BCUT2D eigenvalue weighted by molar-refractivity contribution is -0.157. The predicted molar refractivity (Wildman–Crippen MR) is 77.9 cm³/mol. The van der Waals surface area contributed by atoms with Crippen molar-refractivity contribution in [2.24, 2.45) is 5.92 Å². The summed E-state index contributed by atoms with van der Waals surface area (Å²) in [5.74, 6) is 0.680. The zero-order valence-electron chi connectivity index (χ0n) is 12.4. The molecule has 0 N–H and O–H groups in total. The fourth-order valence-corrected chi connectivity index (χ4v) is 3.66. The van der Waals surface area contributed by atoms with Crippen molar-refractivity contribution in [1.29, 1.82) is 0 Å². The molecule has 0 aromatic carbocycles. The van der Waals surface area contributed by atoms with Crippen LogP contribution in [0.25, 0.3) is 0 Å². The van der Waals surface area contributed by atoms with Gasteiger partial charge in [0.2, 0.25) is 0 Å². The van der Waals surface area contributed by atoms with Gasteiger partial charge in [0.05, 0.1) is 0 Å². The first-order valence-electron chi connectivity index (χ1n) is 8.00. The van der Waals surface area contributed by atoms with Gasteiger partial charge in [-0.3, -0.25) is 0 Å². The molecule has 2 unspecified atom stereocenters. The van der Waals surface area contributed by atoms with E-state index in [1.807, 2.05) is 0 Å².